The second kappa shape index (κ2) is 10.4. The van der Waals surface area contributed by atoms with Gasteiger partial charge in [-0.3, -0.25) is 14.6 Å². The van der Waals surface area contributed by atoms with Gasteiger partial charge in [-0.05, 0) is 54.4 Å². The quantitative estimate of drug-likeness (QED) is 0.268. The number of ether oxygens (including phenoxy) is 1. The molecule has 172 valence electrons. The van der Waals surface area contributed by atoms with Gasteiger partial charge in [-0.1, -0.05) is 38.1 Å². The van der Waals surface area contributed by atoms with Crippen molar-refractivity contribution in [3.05, 3.63) is 94.3 Å². The Morgan fingerprint density at radius 2 is 1.79 bits per heavy atom. The zero-order valence-electron chi connectivity index (χ0n) is 18.9. The number of hydrogen-bond acceptors (Lipinski definition) is 6. The topological polar surface area (TPSA) is 108 Å². The van der Waals surface area contributed by atoms with Gasteiger partial charge in [-0.25, -0.2) is 10.4 Å². The molecule has 0 aliphatic rings. The Hall–Kier alpha value is -4.46. The predicted molar refractivity (Wildman–Crippen MR) is 134 cm³/mol. The van der Waals surface area contributed by atoms with Gasteiger partial charge >= 0.3 is 0 Å². The summed E-state index contributed by atoms with van der Waals surface area (Å²) in [7, 11) is 0. The number of rotatable bonds is 8. The molecule has 1 amide bonds. The maximum atomic E-state index is 12.5. The molecule has 0 spiro atoms. The van der Waals surface area contributed by atoms with Crippen LogP contribution in [0.3, 0.4) is 0 Å². The molecule has 3 aromatic carbocycles. The zero-order valence-corrected chi connectivity index (χ0v) is 18.9. The van der Waals surface area contributed by atoms with Crippen molar-refractivity contribution in [2.75, 3.05) is 11.9 Å². The Morgan fingerprint density at radius 1 is 1.06 bits per heavy atom. The highest BCUT2D eigenvalue weighted by Gasteiger charge is 2.07. The van der Waals surface area contributed by atoms with E-state index in [-0.39, 0.29) is 11.5 Å². The van der Waals surface area contributed by atoms with Crippen LogP contribution >= 0.6 is 0 Å². The second-order valence-corrected chi connectivity index (χ2v) is 8.08. The number of hydrogen-bond donors (Lipinski definition) is 3. The number of aromatic nitrogens is 2. The Bertz CT molecular complexity index is 1380. The Morgan fingerprint density at radius 3 is 2.59 bits per heavy atom. The third-order valence-electron chi connectivity index (χ3n) is 4.88. The summed E-state index contributed by atoms with van der Waals surface area (Å²) < 4.78 is 5.80. The van der Waals surface area contributed by atoms with E-state index < -0.39 is 0 Å². The number of carbonyl (C=O) groups excluding carboxylic acids is 1. The lowest BCUT2D eigenvalue weighted by molar-refractivity contribution is 0.0955. The standard InChI is InChI=1S/C26H25N5O3/c1-17(2)16-34-23-10-6-3-7-19(23)15-27-31-24(32)18-11-13-20(14-12-18)28-26-29-22-9-5-4-8-21(22)25(33)30-26/h3-15,17H,16H2,1-2H3,(H,31,32)(H2,28,29,30,33)/b27-15-. The molecular weight excluding hydrogens is 430 g/mol. The summed E-state index contributed by atoms with van der Waals surface area (Å²) in [5, 5.41) is 7.64. The monoisotopic (exact) mass is 455 g/mol. The number of H-pyrrole nitrogens is 1. The molecule has 0 unspecified atom stereocenters. The molecule has 8 heteroatoms. The number of fused-ring (bicyclic) bond motifs is 1. The van der Waals surface area contributed by atoms with Crippen LogP contribution in [0.15, 0.2) is 82.7 Å². The lowest BCUT2D eigenvalue weighted by Gasteiger charge is -2.10. The highest BCUT2D eigenvalue weighted by molar-refractivity contribution is 5.95. The number of amides is 1. The van der Waals surface area contributed by atoms with Gasteiger partial charge in [0.05, 0.1) is 23.7 Å². The van der Waals surface area contributed by atoms with E-state index >= 15 is 0 Å². The molecule has 0 radical (unpaired) electrons. The molecule has 0 bridgehead atoms. The zero-order chi connectivity index (χ0) is 23.9. The molecule has 1 heterocycles. The third-order valence-corrected chi connectivity index (χ3v) is 4.88. The van der Waals surface area contributed by atoms with Crippen LogP contribution in [0.1, 0.15) is 29.8 Å². The number of benzene rings is 3. The van der Waals surface area contributed by atoms with Crippen molar-refractivity contribution < 1.29 is 9.53 Å². The number of carbonyl (C=O) groups is 1. The maximum Gasteiger partial charge on any atom is 0.271 e. The van der Waals surface area contributed by atoms with Gasteiger partial charge < -0.3 is 10.1 Å². The summed E-state index contributed by atoms with van der Waals surface area (Å²) >= 11 is 0. The van der Waals surface area contributed by atoms with Crippen molar-refractivity contribution in [2.24, 2.45) is 11.0 Å². The molecule has 0 aliphatic carbocycles. The minimum atomic E-state index is -0.347. The first-order chi connectivity index (χ1) is 16.5. The van der Waals surface area contributed by atoms with E-state index in [1.165, 1.54) is 0 Å². The highest BCUT2D eigenvalue weighted by Crippen LogP contribution is 2.17. The van der Waals surface area contributed by atoms with Crippen LogP contribution in [0, 0.1) is 5.92 Å². The largest absolute Gasteiger partial charge is 0.493 e. The van der Waals surface area contributed by atoms with Crippen molar-refractivity contribution in [3.63, 3.8) is 0 Å². The lowest BCUT2D eigenvalue weighted by atomic mass is 10.2. The number of nitrogens with zero attached hydrogens (tertiary/aromatic N) is 2. The van der Waals surface area contributed by atoms with E-state index in [1.807, 2.05) is 30.3 Å². The van der Waals surface area contributed by atoms with Crippen LogP contribution in [-0.4, -0.2) is 28.7 Å². The summed E-state index contributed by atoms with van der Waals surface area (Å²) in [5.41, 5.74) is 4.79. The van der Waals surface area contributed by atoms with E-state index in [0.29, 0.717) is 46.4 Å². The van der Waals surface area contributed by atoms with Gasteiger partial charge in [0.15, 0.2) is 0 Å². The van der Waals surface area contributed by atoms with Crippen LogP contribution in [-0.2, 0) is 0 Å². The van der Waals surface area contributed by atoms with Gasteiger partial charge in [0.25, 0.3) is 11.5 Å². The molecule has 0 fully saturated rings. The van der Waals surface area contributed by atoms with Crippen LogP contribution < -0.4 is 21.0 Å². The number of aromatic amines is 1. The summed E-state index contributed by atoms with van der Waals surface area (Å²) in [4.78, 5) is 31.8. The van der Waals surface area contributed by atoms with Gasteiger partial charge in [-0.2, -0.15) is 5.10 Å². The minimum Gasteiger partial charge on any atom is -0.493 e. The summed E-state index contributed by atoms with van der Waals surface area (Å²) in [6.07, 6.45) is 1.56. The van der Waals surface area contributed by atoms with Crippen molar-refractivity contribution in [3.8, 4) is 5.75 Å². The molecule has 4 aromatic rings. The Kier molecular flexibility index (Phi) is 6.98. The highest BCUT2D eigenvalue weighted by atomic mass is 16.5. The van der Waals surface area contributed by atoms with Crippen LogP contribution in [0.2, 0.25) is 0 Å². The summed E-state index contributed by atoms with van der Waals surface area (Å²) in [6, 6.07) is 21.4. The Balaban J connectivity index is 1.39. The normalized spacial score (nSPS) is 11.1. The van der Waals surface area contributed by atoms with Crippen molar-refractivity contribution in [1.82, 2.24) is 15.4 Å². The van der Waals surface area contributed by atoms with Gasteiger partial charge in [0, 0.05) is 16.8 Å². The van der Waals surface area contributed by atoms with Gasteiger partial charge in [0.1, 0.15) is 5.75 Å². The molecule has 34 heavy (non-hydrogen) atoms. The van der Waals surface area contributed by atoms with Gasteiger partial charge in [-0.15, -0.1) is 0 Å². The number of para-hydroxylation sites is 2. The summed E-state index contributed by atoms with van der Waals surface area (Å²) in [5.74, 6) is 1.09. The van der Waals surface area contributed by atoms with E-state index in [0.717, 1.165) is 5.56 Å². The van der Waals surface area contributed by atoms with Crippen molar-refractivity contribution in [2.45, 2.75) is 13.8 Å². The van der Waals surface area contributed by atoms with Crippen molar-refractivity contribution >= 4 is 34.7 Å². The van der Waals surface area contributed by atoms with E-state index in [4.69, 9.17) is 4.74 Å². The van der Waals surface area contributed by atoms with E-state index in [9.17, 15) is 9.59 Å². The number of nitrogens with one attached hydrogen (secondary N) is 3. The first kappa shape index (κ1) is 22.7. The fourth-order valence-corrected chi connectivity index (χ4v) is 3.19. The van der Waals surface area contributed by atoms with E-state index in [2.05, 4.69) is 39.7 Å². The van der Waals surface area contributed by atoms with Gasteiger partial charge in [0.2, 0.25) is 5.95 Å². The molecule has 0 aliphatic heterocycles. The predicted octanol–water partition coefficient (Wildman–Crippen LogP) is 4.47. The van der Waals surface area contributed by atoms with Crippen LogP contribution in [0.5, 0.6) is 5.75 Å². The van der Waals surface area contributed by atoms with Crippen molar-refractivity contribution in [1.29, 1.82) is 0 Å². The molecule has 8 nitrogen and oxygen atoms in total. The molecule has 0 saturated carbocycles. The second-order valence-electron chi connectivity index (χ2n) is 8.08. The van der Waals surface area contributed by atoms with Crippen LogP contribution in [0.4, 0.5) is 11.6 Å². The molecule has 4 rings (SSSR count). The molecule has 0 saturated heterocycles. The maximum absolute atomic E-state index is 12.5. The fraction of sp³-hybridized carbons (Fsp3) is 0.154. The number of anilines is 2. The minimum absolute atomic E-state index is 0.224. The number of hydrazone groups is 1. The molecule has 3 N–H and O–H groups in total. The third kappa shape index (κ3) is 5.66. The smallest absolute Gasteiger partial charge is 0.271 e. The van der Waals surface area contributed by atoms with Crippen LogP contribution in [0.25, 0.3) is 10.9 Å². The fourth-order valence-electron chi connectivity index (χ4n) is 3.19. The summed E-state index contributed by atoms with van der Waals surface area (Å²) in [6.45, 7) is 4.75. The van der Waals surface area contributed by atoms with E-state index in [1.54, 1.807) is 48.7 Å². The first-order valence-corrected chi connectivity index (χ1v) is 10.9. The molecule has 1 aromatic heterocycles. The molecule has 0 atom stereocenters. The SMILES string of the molecule is CC(C)COc1ccccc1/C=N\NC(=O)c1ccc(Nc2nc3ccccc3c(=O)[nH]2)cc1. The lowest BCUT2D eigenvalue weighted by Crippen LogP contribution is -2.17. The average Bonchev–Trinajstić information content (AvgIpc) is 2.84. The first-order valence-electron chi connectivity index (χ1n) is 10.9. The molecular formula is C26H25N5O3. The Labute approximate surface area is 196 Å². The average molecular weight is 456 g/mol.